The Hall–Kier alpha value is -17.4. The first-order valence-electron chi connectivity index (χ1n) is 43.0. The summed E-state index contributed by atoms with van der Waals surface area (Å²) < 4.78 is 20.3. The van der Waals surface area contributed by atoms with Gasteiger partial charge < -0.3 is 99.8 Å². The maximum Gasteiger partial charge on any atom is 0.271 e. The fraction of sp³-hybridized carbons (Fsp3) is 0.204. The molecule has 0 spiro atoms. The van der Waals surface area contributed by atoms with Gasteiger partial charge in [-0.2, -0.15) is 0 Å². The summed E-state index contributed by atoms with van der Waals surface area (Å²) in [6, 6.07) is 41.1. The number of aryl methyl sites for hydroxylation is 2. The van der Waals surface area contributed by atoms with E-state index in [-0.39, 0.29) is 188 Å². The molecule has 0 saturated heterocycles. The summed E-state index contributed by atoms with van der Waals surface area (Å²) in [5.74, 6) is 0.649. The number of phenols is 12. The molecule has 0 aromatic heterocycles. The smallest absolute Gasteiger partial charge is 0.271 e. The molecule has 44 nitrogen and oxygen atoms in total. The Balaban J connectivity index is 0.000000212. The molecule has 12 N–H and O–H groups in total. The first-order valence-corrected chi connectivity index (χ1v) is 43.0. The minimum absolute atomic E-state index is 0. The van der Waals surface area contributed by atoms with Crippen molar-refractivity contribution in [3.8, 4) is 92.0 Å². The number of non-ortho nitro benzene ring substituents is 6. The van der Waals surface area contributed by atoms with Crippen LogP contribution in [0.15, 0.2) is 212 Å². The zero-order valence-corrected chi connectivity index (χ0v) is 81.6. The molecule has 0 bridgehead atoms. The van der Waals surface area contributed by atoms with E-state index in [0.717, 1.165) is 136 Å². The quantitative estimate of drug-likeness (QED) is 0.0116. The van der Waals surface area contributed by atoms with Crippen molar-refractivity contribution < 1.29 is 160 Å². The van der Waals surface area contributed by atoms with E-state index in [4.69, 9.17) is 18.9 Å². The van der Waals surface area contributed by atoms with Gasteiger partial charge in [0.05, 0.1) is 58.0 Å². The molecule has 12 aromatic rings. The largest absolute Gasteiger partial charge is 0.507 e. The molecular formula is C98H96Co2MnN16O28. The number of nitrogens with zero attached hydrogens (tertiary/aromatic N) is 16. The fourth-order valence-corrected chi connectivity index (χ4v) is 15.0. The Morgan fingerprint density at radius 3 is 0.731 bits per heavy atom. The number of phenolic OH excluding ortho intramolecular Hbond substituents is 12. The van der Waals surface area contributed by atoms with Crippen LogP contribution in [0.3, 0.4) is 0 Å². The number of ether oxygens (including phenoxy) is 4. The Labute approximate surface area is 857 Å². The number of hydrogen-bond donors (Lipinski definition) is 12. The zero-order valence-electron chi connectivity index (χ0n) is 78.4. The topological polar surface area (TPSA) is 626 Å². The van der Waals surface area contributed by atoms with E-state index >= 15 is 0 Å². The predicted octanol–water partition coefficient (Wildman–Crippen LogP) is 18.1. The molecule has 4 aliphatic heterocycles. The first-order chi connectivity index (χ1) is 67.8. The molecule has 12 aromatic carbocycles. The number of nitro groups is 6. The number of methoxy groups -OCH3 is 4. The van der Waals surface area contributed by atoms with Gasteiger partial charge in [-0.25, -0.2) is 0 Å². The number of anilines is 4. The third-order valence-electron chi connectivity index (χ3n) is 22.3. The molecule has 0 atom stereocenters. The molecule has 761 valence electrons. The van der Waals surface area contributed by atoms with Crippen LogP contribution >= 0.6 is 0 Å². The summed E-state index contributed by atoms with van der Waals surface area (Å²) >= 11 is 0. The number of nitro benzene ring substituents is 6. The maximum absolute atomic E-state index is 10.9. The van der Waals surface area contributed by atoms with E-state index in [1.54, 1.807) is 36.4 Å². The van der Waals surface area contributed by atoms with Crippen LogP contribution in [-0.4, -0.2) is 211 Å². The Morgan fingerprint density at radius 1 is 0.283 bits per heavy atom. The van der Waals surface area contributed by atoms with Gasteiger partial charge in [-0.05, 0) is 147 Å². The minimum atomic E-state index is -0.591. The third kappa shape index (κ3) is 28.9. The van der Waals surface area contributed by atoms with E-state index in [9.17, 15) is 122 Å². The standard InChI is InChI=1S/2C19H19N3O4.2C15H15N3O4.2C15H14N2O6.2Co.Mn/c2*23-17-6-5-14(22(25)26)10-16(17)20-11-13-9-12-3-1-7-21-8-2-4-15(18(12)21)19(13)24;2*1-17(2)11-4-3-10(15(20)8-11)9-16-13-7-12(18(21)22)5-6-14(13)19;2*1-22-14-5-9(13(19)7-15(14)23-2)8-16-11-6-10(17(20)21)3-4-12(11)18;;;/h2*5-6,9-11,23-24H,1-4,7-8H2;2*3-9,19-20H,1-2H3;2*3-8,18-19H,1-2H3;;;. The number of aliphatic imine (C=N–C) groups is 6. The Kier molecular flexibility index (Phi) is 40.2. The van der Waals surface area contributed by atoms with Gasteiger partial charge in [-0.3, -0.25) is 90.6 Å². The number of benzene rings is 12. The first kappa shape index (κ1) is 113. The van der Waals surface area contributed by atoms with Crippen molar-refractivity contribution in [1.29, 1.82) is 0 Å². The van der Waals surface area contributed by atoms with Gasteiger partial charge in [-0.1, -0.05) is 0 Å². The minimum Gasteiger partial charge on any atom is -0.507 e. The molecule has 4 heterocycles. The molecule has 47 heteroatoms. The van der Waals surface area contributed by atoms with Crippen molar-refractivity contribution in [3.05, 3.63) is 298 Å². The molecular weight excluding hydrogens is 2020 g/mol. The van der Waals surface area contributed by atoms with Gasteiger partial charge in [0.2, 0.25) is 0 Å². The van der Waals surface area contributed by atoms with Crippen molar-refractivity contribution in [2.24, 2.45) is 30.0 Å². The van der Waals surface area contributed by atoms with E-state index < -0.39 is 29.5 Å². The summed E-state index contributed by atoms with van der Waals surface area (Å²) in [4.78, 5) is 94.0. The molecule has 0 unspecified atom stereocenters. The van der Waals surface area contributed by atoms with Crippen LogP contribution in [-0.2, 0) is 76.3 Å². The predicted molar refractivity (Wildman–Crippen MR) is 533 cm³/mol. The average molecular weight is 2120 g/mol. The normalized spacial score (nSPS) is 12.4. The van der Waals surface area contributed by atoms with E-state index in [0.29, 0.717) is 56.4 Å². The van der Waals surface area contributed by atoms with Gasteiger partial charge in [0.25, 0.3) is 34.1 Å². The monoisotopic (exact) mass is 2120 g/mol. The van der Waals surface area contributed by atoms with Gasteiger partial charge in [0.15, 0.2) is 23.0 Å². The number of rotatable bonds is 24. The molecule has 3 radical (unpaired) electrons. The van der Waals surface area contributed by atoms with E-state index in [2.05, 4.69) is 39.8 Å². The van der Waals surface area contributed by atoms with Crippen molar-refractivity contribution >= 4 is 128 Å². The summed E-state index contributed by atoms with van der Waals surface area (Å²) in [6.45, 7) is 4.09. The SMILES string of the molecule is CN(C)c1ccc(C=Nc2cc([N+](=O)[O-])ccc2O)c(O)c1.CN(C)c1ccc(C=Nc2cc([N+](=O)[O-])ccc2O)c(O)c1.COc1cc(O)c(C=Nc2cc([N+](=O)[O-])ccc2O)cc1OC.COc1cc(O)c(C=Nc2cc([N+](=O)[O-])ccc2O)cc1OC.O=[N+]([O-])c1ccc(O)c(N=Cc2cc3c4c(c2O)CCCN4CCC3)c1.O=[N+]([O-])c1ccc(O)c(N=Cc2cc3c4c(c2O)CCCN4CCC3)c1.[Co].[Co].[Mn]. The second-order valence-corrected chi connectivity index (χ2v) is 31.9. The number of hydrogen-bond acceptors (Lipinski definition) is 38. The van der Waals surface area contributed by atoms with Crippen LogP contribution in [0.4, 0.5) is 91.0 Å². The molecule has 4 aliphatic rings. The van der Waals surface area contributed by atoms with E-state index in [1.165, 1.54) is 186 Å². The zero-order chi connectivity index (χ0) is 103. The summed E-state index contributed by atoms with van der Waals surface area (Å²) in [7, 11) is 13.2. The molecule has 0 saturated carbocycles. The van der Waals surface area contributed by atoms with Crippen LogP contribution in [0.1, 0.15) is 81.3 Å². The summed E-state index contributed by atoms with van der Waals surface area (Å²) in [5.41, 5.74) is 10.2. The average Bonchev–Trinajstić information content (AvgIpc) is 0.763. The van der Waals surface area contributed by atoms with Crippen LogP contribution < -0.4 is 38.5 Å². The summed E-state index contributed by atoms with van der Waals surface area (Å²) in [6.07, 6.45) is 15.9. The van der Waals surface area contributed by atoms with Gasteiger partial charge in [0.1, 0.15) is 103 Å². The van der Waals surface area contributed by atoms with Gasteiger partial charge >= 0.3 is 0 Å². The summed E-state index contributed by atoms with van der Waals surface area (Å²) in [5, 5.41) is 184. The molecule has 16 rings (SSSR count). The molecule has 0 aliphatic carbocycles. The van der Waals surface area contributed by atoms with E-state index in [1.807, 2.05) is 50.1 Å². The maximum atomic E-state index is 10.9. The van der Waals surface area contributed by atoms with Crippen molar-refractivity contribution in [2.75, 3.05) is 102 Å². The van der Waals surface area contributed by atoms with Crippen LogP contribution in [0.5, 0.6) is 92.0 Å². The molecule has 145 heavy (non-hydrogen) atoms. The Morgan fingerprint density at radius 2 is 0.503 bits per heavy atom. The van der Waals surface area contributed by atoms with Crippen molar-refractivity contribution in [1.82, 2.24) is 0 Å². The van der Waals surface area contributed by atoms with Gasteiger partial charge in [-0.15, -0.1) is 0 Å². The molecule has 0 fully saturated rings. The van der Waals surface area contributed by atoms with Gasteiger partial charge in [0, 0.05) is 307 Å². The fourth-order valence-electron chi connectivity index (χ4n) is 15.0. The number of aromatic hydroxyl groups is 12. The van der Waals surface area contributed by atoms with Crippen molar-refractivity contribution in [3.63, 3.8) is 0 Å². The third-order valence-corrected chi connectivity index (χ3v) is 22.3. The van der Waals surface area contributed by atoms with Crippen LogP contribution in [0, 0.1) is 60.7 Å². The second kappa shape index (κ2) is 51.7. The van der Waals surface area contributed by atoms with Crippen molar-refractivity contribution in [2.45, 2.75) is 51.4 Å². The second-order valence-electron chi connectivity index (χ2n) is 31.9. The molecule has 0 amide bonds. The van der Waals surface area contributed by atoms with Crippen LogP contribution in [0.2, 0.25) is 0 Å². The van der Waals surface area contributed by atoms with Crippen LogP contribution in [0.25, 0.3) is 0 Å². The Bertz CT molecular complexity index is 6600.